The quantitative estimate of drug-likeness (QED) is 0.712. The van der Waals surface area contributed by atoms with Crippen LogP contribution in [0.4, 0.5) is 0 Å². The zero-order valence-electron chi connectivity index (χ0n) is 14.5. The second kappa shape index (κ2) is 8.93. The van der Waals surface area contributed by atoms with E-state index in [0.29, 0.717) is 22.9 Å². The number of carbonyl (C=O) groups excluding carboxylic acids is 2. The number of hydrogen-bond donors (Lipinski definition) is 1. The van der Waals surface area contributed by atoms with Crippen LogP contribution in [-0.2, 0) is 4.79 Å². The van der Waals surface area contributed by atoms with Crippen molar-refractivity contribution in [2.24, 2.45) is 0 Å². The first-order valence-electron chi connectivity index (χ1n) is 8.63. The van der Waals surface area contributed by atoms with Gasteiger partial charge in [-0.2, -0.15) is 0 Å². The maximum Gasteiger partial charge on any atom is 0.257 e. The number of rotatable bonds is 6. The van der Waals surface area contributed by atoms with Crippen LogP contribution in [-0.4, -0.2) is 35.1 Å². The first-order chi connectivity index (χ1) is 12.6. The van der Waals surface area contributed by atoms with Crippen LogP contribution >= 0.6 is 34.7 Å². The average Bonchev–Trinajstić information content (AvgIpc) is 3.31. The van der Waals surface area contributed by atoms with E-state index in [1.165, 1.54) is 0 Å². The predicted molar refractivity (Wildman–Crippen MR) is 109 cm³/mol. The highest BCUT2D eigenvalue weighted by atomic mass is 35.5. The van der Waals surface area contributed by atoms with Gasteiger partial charge in [0.25, 0.3) is 5.91 Å². The molecule has 2 aromatic rings. The Kier molecular flexibility index (Phi) is 6.62. The number of nitrogens with one attached hydrogen (secondary N) is 1. The van der Waals surface area contributed by atoms with E-state index in [1.807, 2.05) is 17.5 Å². The molecule has 1 aromatic heterocycles. The molecule has 0 aliphatic carbocycles. The van der Waals surface area contributed by atoms with Crippen LogP contribution in [0, 0.1) is 0 Å². The van der Waals surface area contributed by atoms with Crippen molar-refractivity contribution < 1.29 is 9.59 Å². The van der Waals surface area contributed by atoms with Crippen molar-refractivity contribution in [3.63, 3.8) is 0 Å². The molecule has 2 atom stereocenters. The van der Waals surface area contributed by atoms with Crippen LogP contribution in [0.2, 0.25) is 5.02 Å². The number of thiophene rings is 1. The lowest BCUT2D eigenvalue weighted by Gasteiger charge is -2.28. The zero-order chi connectivity index (χ0) is 18.5. The molecular formula is C19H21ClN2O2S2. The molecule has 1 aromatic carbocycles. The zero-order valence-corrected chi connectivity index (χ0v) is 16.9. The van der Waals surface area contributed by atoms with Crippen LogP contribution in [0.25, 0.3) is 0 Å². The summed E-state index contributed by atoms with van der Waals surface area (Å²) >= 11 is 9.47. The number of hydrogen-bond acceptors (Lipinski definition) is 4. The maximum absolute atomic E-state index is 13.3. The van der Waals surface area contributed by atoms with E-state index in [-0.39, 0.29) is 17.2 Å². The number of carbonyl (C=O) groups is 2. The van der Waals surface area contributed by atoms with Crippen LogP contribution in [0.5, 0.6) is 0 Å². The number of unbranched alkanes of at least 4 members (excludes halogenated alkanes) is 1. The molecule has 26 heavy (non-hydrogen) atoms. The van der Waals surface area contributed by atoms with Crippen LogP contribution < -0.4 is 5.32 Å². The van der Waals surface area contributed by atoms with Gasteiger partial charge in [0.1, 0.15) is 11.4 Å². The van der Waals surface area contributed by atoms with Crippen LogP contribution in [0.15, 0.2) is 41.8 Å². The Morgan fingerprint density at radius 2 is 2.08 bits per heavy atom. The summed E-state index contributed by atoms with van der Waals surface area (Å²) < 4.78 is 0. The highest BCUT2D eigenvalue weighted by Crippen LogP contribution is 2.44. The van der Waals surface area contributed by atoms with Gasteiger partial charge < -0.3 is 10.2 Å². The standard InChI is InChI=1S/C19H21ClN2O2S2/c1-2-3-10-21-17(23)15-12-26-19(16-9-6-11-25-16)22(15)18(24)13-7-4-5-8-14(13)20/h4-9,11,15,19H,2-3,10,12H2,1H3,(H,21,23)/t15-,19-/m1/s1. The molecule has 0 saturated carbocycles. The van der Waals surface area contributed by atoms with Crippen molar-refractivity contribution in [2.45, 2.75) is 31.2 Å². The smallest absolute Gasteiger partial charge is 0.257 e. The molecule has 0 radical (unpaired) electrons. The SMILES string of the molecule is CCCCNC(=O)[C@H]1CS[C@H](c2cccs2)N1C(=O)c1ccccc1Cl. The number of nitrogens with zero attached hydrogens (tertiary/aromatic N) is 1. The van der Waals surface area contributed by atoms with Gasteiger partial charge >= 0.3 is 0 Å². The van der Waals surface area contributed by atoms with Crippen molar-refractivity contribution >= 4 is 46.5 Å². The van der Waals surface area contributed by atoms with Gasteiger partial charge in [-0.15, -0.1) is 23.1 Å². The molecule has 1 aliphatic heterocycles. The number of amides is 2. The van der Waals surface area contributed by atoms with Crippen LogP contribution in [0.3, 0.4) is 0 Å². The lowest BCUT2D eigenvalue weighted by molar-refractivity contribution is -0.124. The summed E-state index contributed by atoms with van der Waals surface area (Å²) in [4.78, 5) is 28.8. The fourth-order valence-electron chi connectivity index (χ4n) is 2.89. The topological polar surface area (TPSA) is 49.4 Å². The van der Waals surface area contributed by atoms with Gasteiger partial charge in [-0.1, -0.05) is 43.1 Å². The summed E-state index contributed by atoms with van der Waals surface area (Å²) in [5, 5.41) is 5.20. The summed E-state index contributed by atoms with van der Waals surface area (Å²) in [5.74, 6) is 0.288. The predicted octanol–water partition coefficient (Wildman–Crippen LogP) is 4.57. The lowest BCUT2D eigenvalue weighted by atomic mass is 10.1. The molecule has 138 valence electrons. The molecule has 2 heterocycles. The molecular weight excluding hydrogens is 388 g/mol. The summed E-state index contributed by atoms with van der Waals surface area (Å²) in [6.07, 6.45) is 1.94. The normalized spacial score (nSPS) is 19.5. The molecule has 1 aliphatic rings. The van der Waals surface area contributed by atoms with Gasteiger partial charge in [0.15, 0.2) is 0 Å². The molecule has 1 fully saturated rings. The van der Waals surface area contributed by atoms with Crippen molar-refractivity contribution in [3.05, 3.63) is 57.2 Å². The van der Waals surface area contributed by atoms with Crippen LogP contribution in [0.1, 0.15) is 40.4 Å². The van der Waals surface area contributed by atoms with E-state index in [1.54, 1.807) is 52.3 Å². The first kappa shape index (κ1) is 19.3. The maximum atomic E-state index is 13.3. The summed E-state index contributed by atoms with van der Waals surface area (Å²) in [7, 11) is 0. The van der Waals surface area contributed by atoms with Gasteiger partial charge in [0.2, 0.25) is 5.91 Å². The van der Waals surface area contributed by atoms with E-state index < -0.39 is 6.04 Å². The van der Waals surface area contributed by atoms with E-state index >= 15 is 0 Å². The average molecular weight is 409 g/mol. The number of thioether (sulfide) groups is 1. The van der Waals surface area contributed by atoms with Gasteiger partial charge in [-0.05, 0) is 30.0 Å². The Morgan fingerprint density at radius 1 is 1.27 bits per heavy atom. The van der Waals surface area contributed by atoms with E-state index in [4.69, 9.17) is 11.6 Å². The fourth-order valence-corrected chi connectivity index (χ4v) is 5.50. The monoisotopic (exact) mass is 408 g/mol. The molecule has 4 nitrogen and oxygen atoms in total. The third-order valence-electron chi connectivity index (χ3n) is 4.26. The van der Waals surface area contributed by atoms with Crippen molar-refractivity contribution in [1.82, 2.24) is 10.2 Å². The van der Waals surface area contributed by atoms with Crippen molar-refractivity contribution in [1.29, 1.82) is 0 Å². The van der Waals surface area contributed by atoms with Gasteiger partial charge in [0, 0.05) is 17.2 Å². The minimum Gasteiger partial charge on any atom is -0.354 e. The third-order valence-corrected chi connectivity index (χ3v) is 6.97. The molecule has 7 heteroatoms. The first-order valence-corrected chi connectivity index (χ1v) is 10.9. The minimum absolute atomic E-state index is 0.0922. The Labute approximate surface area is 166 Å². The number of benzene rings is 1. The summed E-state index contributed by atoms with van der Waals surface area (Å²) in [6.45, 7) is 2.71. The minimum atomic E-state index is -0.493. The summed E-state index contributed by atoms with van der Waals surface area (Å²) in [5.41, 5.74) is 0.435. The second-order valence-corrected chi connectivity index (χ2v) is 8.55. The van der Waals surface area contributed by atoms with Gasteiger partial charge in [-0.3, -0.25) is 9.59 Å². The molecule has 3 rings (SSSR count). The molecule has 0 spiro atoms. The van der Waals surface area contributed by atoms with E-state index in [9.17, 15) is 9.59 Å². The lowest BCUT2D eigenvalue weighted by Crippen LogP contribution is -2.48. The Bertz CT molecular complexity index is 767. The van der Waals surface area contributed by atoms with Gasteiger partial charge in [-0.25, -0.2) is 0 Å². The van der Waals surface area contributed by atoms with Gasteiger partial charge in [0.05, 0.1) is 10.6 Å². The van der Waals surface area contributed by atoms with Crippen molar-refractivity contribution in [2.75, 3.05) is 12.3 Å². The highest BCUT2D eigenvalue weighted by molar-refractivity contribution is 7.99. The highest BCUT2D eigenvalue weighted by Gasteiger charge is 2.43. The molecule has 0 unspecified atom stereocenters. The van der Waals surface area contributed by atoms with Crippen molar-refractivity contribution in [3.8, 4) is 0 Å². The van der Waals surface area contributed by atoms with E-state index in [2.05, 4.69) is 12.2 Å². The second-order valence-electron chi connectivity index (χ2n) is 6.05. The molecule has 1 N–H and O–H groups in total. The Morgan fingerprint density at radius 3 is 2.77 bits per heavy atom. The molecule has 0 bridgehead atoms. The fraction of sp³-hybridized carbons (Fsp3) is 0.368. The van der Waals surface area contributed by atoms with E-state index in [0.717, 1.165) is 17.7 Å². The Hall–Kier alpha value is -1.50. The number of halogens is 1. The summed E-state index contributed by atoms with van der Waals surface area (Å²) in [6, 6.07) is 10.5. The molecule has 1 saturated heterocycles. The Balaban J connectivity index is 1.88. The third kappa shape index (κ3) is 4.08. The molecule has 2 amide bonds. The largest absolute Gasteiger partial charge is 0.354 e.